The molecule has 0 aliphatic heterocycles. The van der Waals surface area contributed by atoms with Crippen LogP contribution in [0.4, 0.5) is 0 Å². The maximum Gasteiger partial charge on any atom is 0.133 e. The lowest BCUT2D eigenvalue weighted by Crippen LogP contribution is -2.40. The van der Waals surface area contributed by atoms with Gasteiger partial charge in [0.2, 0.25) is 0 Å². The first-order chi connectivity index (χ1) is 7.71. The van der Waals surface area contributed by atoms with Crippen LogP contribution >= 0.6 is 15.9 Å². The lowest BCUT2D eigenvalue weighted by molar-refractivity contribution is 0.166. The Morgan fingerprint density at radius 1 is 1.44 bits per heavy atom. The van der Waals surface area contributed by atoms with Crippen molar-refractivity contribution in [2.24, 2.45) is 5.84 Å². The van der Waals surface area contributed by atoms with E-state index < -0.39 is 0 Å². The van der Waals surface area contributed by atoms with Gasteiger partial charge in [0.25, 0.3) is 0 Å². The van der Waals surface area contributed by atoms with Crippen molar-refractivity contribution in [3.05, 3.63) is 28.2 Å². The SMILES string of the molecule is COCC(Cc1ccc(OC)c(Br)c1)NN. The van der Waals surface area contributed by atoms with Crippen molar-refractivity contribution in [2.75, 3.05) is 20.8 Å². The summed E-state index contributed by atoms with van der Waals surface area (Å²) in [6, 6.07) is 6.09. The molecule has 0 amide bonds. The van der Waals surface area contributed by atoms with Gasteiger partial charge in [-0.15, -0.1) is 0 Å². The minimum absolute atomic E-state index is 0.116. The fourth-order valence-electron chi connectivity index (χ4n) is 1.49. The molecule has 1 rings (SSSR count). The van der Waals surface area contributed by atoms with Gasteiger partial charge in [-0.05, 0) is 40.0 Å². The average Bonchev–Trinajstić information content (AvgIpc) is 2.28. The second-order valence-corrected chi connectivity index (χ2v) is 4.35. The highest BCUT2D eigenvalue weighted by atomic mass is 79.9. The van der Waals surface area contributed by atoms with Crippen LogP contribution in [-0.2, 0) is 11.2 Å². The third-order valence-electron chi connectivity index (χ3n) is 2.30. The van der Waals surface area contributed by atoms with Crippen molar-refractivity contribution in [2.45, 2.75) is 12.5 Å². The molecule has 0 spiro atoms. The molecule has 0 saturated heterocycles. The molecular formula is C11H17BrN2O2. The zero-order valence-electron chi connectivity index (χ0n) is 9.50. The zero-order chi connectivity index (χ0) is 12.0. The monoisotopic (exact) mass is 288 g/mol. The molecule has 0 aromatic heterocycles. The van der Waals surface area contributed by atoms with Crippen LogP contribution in [0.2, 0.25) is 0 Å². The van der Waals surface area contributed by atoms with Crippen molar-refractivity contribution in [3.8, 4) is 5.75 Å². The fraction of sp³-hybridized carbons (Fsp3) is 0.455. The number of methoxy groups -OCH3 is 2. The number of ether oxygens (including phenoxy) is 2. The Balaban J connectivity index is 2.69. The number of benzene rings is 1. The summed E-state index contributed by atoms with van der Waals surface area (Å²) in [5.41, 5.74) is 3.90. The van der Waals surface area contributed by atoms with Gasteiger partial charge in [0, 0.05) is 13.2 Å². The van der Waals surface area contributed by atoms with E-state index in [9.17, 15) is 0 Å². The van der Waals surface area contributed by atoms with Crippen LogP contribution in [0.1, 0.15) is 5.56 Å². The number of hydrogen-bond acceptors (Lipinski definition) is 4. The summed E-state index contributed by atoms with van der Waals surface area (Å²) in [5.74, 6) is 6.26. The van der Waals surface area contributed by atoms with Crippen molar-refractivity contribution in [1.29, 1.82) is 0 Å². The third kappa shape index (κ3) is 3.75. The summed E-state index contributed by atoms with van der Waals surface area (Å²) in [4.78, 5) is 0. The second-order valence-electron chi connectivity index (χ2n) is 3.49. The molecule has 90 valence electrons. The molecule has 0 fully saturated rings. The van der Waals surface area contributed by atoms with Gasteiger partial charge in [-0.3, -0.25) is 11.3 Å². The molecule has 4 nitrogen and oxygen atoms in total. The van der Waals surface area contributed by atoms with Crippen LogP contribution in [0.15, 0.2) is 22.7 Å². The van der Waals surface area contributed by atoms with Gasteiger partial charge < -0.3 is 9.47 Å². The molecule has 1 aromatic rings. The lowest BCUT2D eigenvalue weighted by atomic mass is 10.1. The number of rotatable bonds is 6. The van der Waals surface area contributed by atoms with Gasteiger partial charge in [-0.1, -0.05) is 6.07 Å². The summed E-state index contributed by atoms with van der Waals surface area (Å²) in [6.07, 6.45) is 0.812. The van der Waals surface area contributed by atoms with Gasteiger partial charge >= 0.3 is 0 Å². The Bertz CT molecular complexity index is 334. The standard InChI is InChI=1S/C11H17BrN2O2/c1-15-7-9(14-13)5-8-3-4-11(16-2)10(12)6-8/h3-4,6,9,14H,5,7,13H2,1-2H3. The van der Waals surface area contributed by atoms with E-state index in [1.54, 1.807) is 14.2 Å². The van der Waals surface area contributed by atoms with E-state index in [-0.39, 0.29) is 6.04 Å². The highest BCUT2D eigenvalue weighted by Gasteiger charge is 2.08. The van der Waals surface area contributed by atoms with Crippen molar-refractivity contribution < 1.29 is 9.47 Å². The molecule has 0 radical (unpaired) electrons. The van der Waals surface area contributed by atoms with Crippen LogP contribution < -0.4 is 16.0 Å². The first-order valence-electron chi connectivity index (χ1n) is 4.98. The van der Waals surface area contributed by atoms with Gasteiger partial charge in [-0.2, -0.15) is 0 Å². The van der Waals surface area contributed by atoms with Gasteiger partial charge in [0.05, 0.1) is 18.2 Å². The molecule has 3 N–H and O–H groups in total. The second kappa shape index (κ2) is 6.85. The number of nitrogens with one attached hydrogen (secondary N) is 1. The quantitative estimate of drug-likeness (QED) is 0.615. The third-order valence-corrected chi connectivity index (χ3v) is 2.92. The molecule has 0 saturated carbocycles. The number of nitrogens with two attached hydrogens (primary N) is 1. The largest absolute Gasteiger partial charge is 0.496 e. The summed E-state index contributed by atoms with van der Waals surface area (Å²) < 4.78 is 11.2. The first-order valence-corrected chi connectivity index (χ1v) is 5.78. The Labute approximate surface area is 104 Å². The number of halogens is 1. The van der Waals surface area contributed by atoms with Crippen LogP contribution in [0.3, 0.4) is 0 Å². The highest BCUT2D eigenvalue weighted by molar-refractivity contribution is 9.10. The fourth-order valence-corrected chi connectivity index (χ4v) is 2.08. The number of hydrogen-bond donors (Lipinski definition) is 2. The summed E-state index contributed by atoms with van der Waals surface area (Å²) >= 11 is 3.45. The van der Waals surface area contributed by atoms with Crippen LogP contribution in [0.5, 0.6) is 5.75 Å². The van der Waals surface area contributed by atoms with Crippen LogP contribution in [0, 0.1) is 0 Å². The zero-order valence-corrected chi connectivity index (χ0v) is 11.1. The minimum Gasteiger partial charge on any atom is -0.496 e. The Hall–Kier alpha value is -0.620. The minimum atomic E-state index is 0.116. The van der Waals surface area contributed by atoms with E-state index in [4.69, 9.17) is 15.3 Å². The maximum atomic E-state index is 5.43. The van der Waals surface area contributed by atoms with E-state index in [0.29, 0.717) is 6.61 Å². The molecule has 0 bridgehead atoms. The predicted octanol–water partition coefficient (Wildman–Crippen LogP) is 1.48. The van der Waals surface area contributed by atoms with Gasteiger partial charge in [-0.25, -0.2) is 0 Å². The predicted molar refractivity (Wildman–Crippen MR) is 67.4 cm³/mol. The Kier molecular flexibility index (Phi) is 5.76. The van der Waals surface area contributed by atoms with Gasteiger partial charge in [0.15, 0.2) is 0 Å². The molecule has 16 heavy (non-hydrogen) atoms. The summed E-state index contributed by atoms with van der Waals surface area (Å²) in [7, 11) is 3.31. The van der Waals surface area contributed by atoms with Crippen molar-refractivity contribution in [3.63, 3.8) is 0 Å². The van der Waals surface area contributed by atoms with Crippen LogP contribution in [0.25, 0.3) is 0 Å². The average molecular weight is 289 g/mol. The maximum absolute atomic E-state index is 5.43. The molecule has 1 atom stereocenters. The molecule has 1 unspecified atom stereocenters. The van der Waals surface area contributed by atoms with Crippen molar-refractivity contribution in [1.82, 2.24) is 5.43 Å². The van der Waals surface area contributed by atoms with E-state index in [1.807, 2.05) is 18.2 Å². The normalized spacial score (nSPS) is 12.5. The van der Waals surface area contributed by atoms with E-state index in [1.165, 1.54) is 5.56 Å². The lowest BCUT2D eigenvalue weighted by Gasteiger charge is -2.15. The Morgan fingerprint density at radius 2 is 2.19 bits per heavy atom. The van der Waals surface area contributed by atoms with Crippen LogP contribution in [-0.4, -0.2) is 26.9 Å². The molecule has 0 aliphatic carbocycles. The number of hydrazine groups is 1. The summed E-state index contributed by atoms with van der Waals surface area (Å²) in [5, 5.41) is 0. The summed E-state index contributed by atoms with van der Waals surface area (Å²) in [6.45, 7) is 0.583. The first kappa shape index (κ1) is 13.4. The van der Waals surface area contributed by atoms with E-state index in [2.05, 4.69) is 21.4 Å². The van der Waals surface area contributed by atoms with Gasteiger partial charge in [0.1, 0.15) is 5.75 Å². The van der Waals surface area contributed by atoms with E-state index in [0.717, 1.165) is 16.6 Å². The molecule has 0 aliphatic rings. The Morgan fingerprint density at radius 3 is 2.69 bits per heavy atom. The molecule has 5 heteroatoms. The van der Waals surface area contributed by atoms with E-state index >= 15 is 0 Å². The molecule has 0 heterocycles. The molecular weight excluding hydrogens is 272 g/mol. The topological polar surface area (TPSA) is 56.5 Å². The van der Waals surface area contributed by atoms with Crippen molar-refractivity contribution >= 4 is 15.9 Å². The highest BCUT2D eigenvalue weighted by Crippen LogP contribution is 2.25. The smallest absolute Gasteiger partial charge is 0.133 e. The molecule has 1 aromatic carbocycles.